The van der Waals surface area contributed by atoms with Gasteiger partial charge in [0.2, 0.25) is 0 Å². The molecule has 1 aliphatic rings. The predicted octanol–water partition coefficient (Wildman–Crippen LogP) is 3.73. The number of aryl methyl sites for hydroxylation is 1. The molecule has 0 saturated carbocycles. The molecule has 0 fully saturated rings. The number of nitrogens with one attached hydrogen (secondary N) is 1. The summed E-state index contributed by atoms with van der Waals surface area (Å²) in [5, 5.41) is 0.472. The smallest absolute Gasteiger partial charge is 0.254 e. The molecule has 1 aromatic carbocycles. The lowest BCUT2D eigenvalue weighted by atomic mass is 9.95. The van der Waals surface area contributed by atoms with Gasteiger partial charge in [0.05, 0.1) is 10.7 Å². The van der Waals surface area contributed by atoms with Gasteiger partial charge in [-0.05, 0) is 25.0 Å². The van der Waals surface area contributed by atoms with Crippen molar-refractivity contribution >= 4 is 11.6 Å². The van der Waals surface area contributed by atoms with Crippen LogP contribution in [0.2, 0.25) is 5.02 Å². The van der Waals surface area contributed by atoms with E-state index < -0.39 is 0 Å². The summed E-state index contributed by atoms with van der Waals surface area (Å²) in [5.41, 5.74) is 2.59. The number of rotatable bonds is 2. The second-order valence-electron chi connectivity index (χ2n) is 7.71. The number of halogens is 2. The minimum atomic E-state index is -0.296. The summed E-state index contributed by atoms with van der Waals surface area (Å²) in [4.78, 5) is 22.0. The number of hydrogen-bond acceptors (Lipinski definition) is 3. The van der Waals surface area contributed by atoms with Crippen molar-refractivity contribution in [1.82, 2.24) is 14.9 Å². The van der Waals surface area contributed by atoms with Gasteiger partial charge in [-0.25, -0.2) is 9.37 Å². The van der Waals surface area contributed by atoms with Gasteiger partial charge in [-0.1, -0.05) is 38.4 Å². The van der Waals surface area contributed by atoms with Crippen molar-refractivity contribution < 1.29 is 4.39 Å². The lowest BCUT2D eigenvalue weighted by Gasteiger charge is -2.29. The first-order chi connectivity index (χ1) is 11.7. The van der Waals surface area contributed by atoms with Crippen molar-refractivity contribution in [2.24, 2.45) is 0 Å². The van der Waals surface area contributed by atoms with Crippen LogP contribution in [0.1, 0.15) is 49.0 Å². The van der Waals surface area contributed by atoms with Crippen LogP contribution in [0, 0.1) is 12.7 Å². The molecule has 0 bridgehead atoms. The van der Waals surface area contributed by atoms with E-state index in [4.69, 9.17) is 11.6 Å². The Morgan fingerprint density at radius 2 is 2.08 bits per heavy atom. The summed E-state index contributed by atoms with van der Waals surface area (Å²) in [7, 11) is 0. The fourth-order valence-electron chi connectivity index (χ4n) is 3.07. The highest BCUT2D eigenvalue weighted by Gasteiger charge is 2.25. The predicted molar refractivity (Wildman–Crippen MR) is 97.5 cm³/mol. The highest BCUT2D eigenvalue weighted by atomic mass is 35.5. The third-order valence-corrected chi connectivity index (χ3v) is 5.15. The lowest BCUT2D eigenvalue weighted by molar-refractivity contribution is 0.236. The Morgan fingerprint density at radius 1 is 1.36 bits per heavy atom. The molecule has 0 saturated heterocycles. The quantitative estimate of drug-likeness (QED) is 0.884. The number of hydrogen-bond donors (Lipinski definition) is 1. The van der Waals surface area contributed by atoms with Crippen LogP contribution in [0.5, 0.6) is 0 Å². The molecule has 0 atom stereocenters. The molecule has 1 N–H and O–H groups in total. The van der Waals surface area contributed by atoms with Crippen LogP contribution in [0.3, 0.4) is 0 Å². The van der Waals surface area contributed by atoms with Crippen LogP contribution in [0.15, 0.2) is 16.9 Å². The lowest BCUT2D eigenvalue weighted by Crippen LogP contribution is -2.37. The maximum Gasteiger partial charge on any atom is 0.254 e. The summed E-state index contributed by atoms with van der Waals surface area (Å²) < 4.78 is 14.2. The SMILES string of the molecule is Cc1ccc(F)c(CN2CCc3c(nc(C(C)(C)C)[nH]c3=O)C2)c1Cl. The molecule has 1 aromatic heterocycles. The Labute approximate surface area is 152 Å². The zero-order valence-corrected chi connectivity index (χ0v) is 15.8. The number of fused-ring (bicyclic) bond motifs is 1. The summed E-state index contributed by atoms with van der Waals surface area (Å²) in [6.07, 6.45) is 0.604. The van der Waals surface area contributed by atoms with Crippen molar-refractivity contribution in [3.63, 3.8) is 0 Å². The highest BCUT2D eigenvalue weighted by Crippen LogP contribution is 2.27. The third-order valence-electron chi connectivity index (χ3n) is 4.62. The van der Waals surface area contributed by atoms with Crippen LogP contribution < -0.4 is 5.56 Å². The van der Waals surface area contributed by atoms with Gasteiger partial charge in [0.15, 0.2) is 0 Å². The number of H-pyrrole nitrogens is 1. The van der Waals surface area contributed by atoms with Gasteiger partial charge in [-0.2, -0.15) is 0 Å². The van der Waals surface area contributed by atoms with Crippen LogP contribution >= 0.6 is 11.6 Å². The van der Waals surface area contributed by atoms with E-state index in [0.29, 0.717) is 42.5 Å². The van der Waals surface area contributed by atoms with Crippen LogP contribution in [0.25, 0.3) is 0 Å². The van der Waals surface area contributed by atoms with E-state index in [1.54, 1.807) is 6.07 Å². The molecule has 2 aromatic rings. The fourth-order valence-corrected chi connectivity index (χ4v) is 3.28. The molecule has 134 valence electrons. The van der Waals surface area contributed by atoms with Crippen LogP contribution in [0.4, 0.5) is 4.39 Å². The maximum atomic E-state index is 14.2. The van der Waals surface area contributed by atoms with E-state index in [1.807, 2.05) is 27.7 Å². The van der Waals surface area contributed by atoms with Crippen molar-refractivity contribution in [2.75, 3.05) is 6.54 Å². The Kier molecular flexibility index (Phi) is 4.73. The molecule has 0 unspecified atom stereocenters. The van der Waals surface area contributed by atoms with Crippen molar-refractivity contribution in [3.05, 3.63) is 61.5 Å². The normalized spacial score (nSPS) is 15.3. The third kappa shape index (κ3) is 3.62. The van der Waals surface area contributed by atoms with Gasteiger partial charge in [0.25, 0.3) is 5.56 Å². The molecule has 0 spiro atoms. The average molecular weight is 364 g/mol. The molecule has 0 radical (unpaired) electrons. The molecule has 1 aliphatic heterocycles. The molecule has 0 aliphatic carbocycles. The van der Waals surface area contributed by atoms with E-state index >= 15 is 0 Å². The maximum absolute atomic E-state index is 14.2. The van der Waals surface area contributed by atoms with Gasteiger partial charge >= 0.3 is 0 Å². The average Bonchev–Trinajstić information content (AvgIpc) is 2.54. The minimum absolute atomic E-state index is 0.0608. The topological polar surface area (TPSA) is 49.0 Å². The van der Waals surface area contributed by atoms with Crippen molar-refractivity contribution in [2.45, 2.75) is 52.6 Å². The van der Waals surface area contributed by atoms with Gasteiger partial charge in [-0.15, -0.1) is 0 Å². The molecule has 2 heterocycles. The highest BCUT2D eigenvalue weighted by molar-refractivity contribution is 6.32. The minimum Gasteiger partial charge on any atom is -0.310 e. The van der Waals surface area contributed by atoms with Crippen LogP contribution in [-0.2, 0) is 24.9 Å². The van der Waals surface area contributed by atoms with Gasteiger partial charge in [0.1, 0.15) is 11.6 Å². The molecule has 6 heteroatoms. The molecule has 0 amide bonds. The summed E-state index contributed by atoms with van der Waals surface area (Å²) in [5.74, 6) is 0.383. The van der Waals surface area contributed by atoms with E-state index in [0.717, 1.165) is 16.8 Å². The van der Waals surface area contributed by atoms with E-state index in [9.17, 15) is 9.18 Å². The zero-order valence-electron chi connectivity index (χ0n) is 15.0. The van der Waals surface area contributed by atoms with Crippen LogP contribution in [-0.4, -0.2) is 21.4 Å². The first-order valence-corrected chi connectivity index (χ1v) is 8.83. The van der Waals surface area contributed by atoms with Gasteiger partial charge in [0, 0.05) is 36.2 Å². The Morgan fingerprint density at radius 3 is 2.76 bits per heavy atom. The van der Waals surface area contributed by atoms with Gasteiger partial charge < -0.3 is 4.98 Å². The standard InChI is InChI=1S/C19H23ClFN3O/c1-11-5-6-14(21)13(16(11)20)9-24-8-7-12-15(10-24)22-18(19(2,3)4)23-17(12)25/h5-6H,7-10H2,1-4H3,(H,22,23,25). The van der Waals surface area contributed by atoms with Gasteiger partial charge in [-0.3, -0.25) is 9.69 Å². The molecule has 4 nitrogen and oxygen atoms in total. The molecular formula is C19H23ClFN3O. The Bertz CT molecular complexity index is 870. The summed E-state index contributed by atoms with van der Waals surface area (Å²) in [6, 6.07) is 3.14. The monoisotopic (exact) mass is 363 g/mol. The molecule has 25 heavy (non-hydrogen) atoms. The van der Waals surface area contributed by atoms with E-state index in [2.05, 4.69) is 14.9 Å². The number of benzene rings is 1. The summed E-state index contributed by atoms with van der Waals surface area (Å²) in [6.45, 7) is 9.52. The zero-order chi connectivity index (χ0) is 18.4. The van der Waals surface area contributed by atoms with Crippen molar-refractivity contribution in [1.29, 1.82) is 0 Å². The number of aromatic amines is 1. The van der Waals surface area contributed by atoms with E-state index in [-0.39, 0.29) is 16.8 Å². The largest absolute Gasteiger partial charge is 0.310 e. The first kappa shape index (κ1) is 18.1. The summed E-state index contributed by atoms with van der Waals surface area (Å²) >= 11 is 6.29. The number of nitrogens with zero attached hydrogens (tertiary/aromatic N) is 2. The molecule has 3 rings (SSSR count). The first-order valence-electron chi connectivity index (χ1n) is 8.45. The van der Waals surface area contributed by atoms with E-state index in [1.165, 1.54) is 6.07 Å². The van der Waals surface area contributed by atoms with Crippen molar-refractivity contribution in [3.8, 4) is 0 Å². The number of aromatic nitrogens is 2. The second kappa shape index (κ2) is 6.54. The fraction of sp³-hybridized carbons (Fsp3) is 0.474. The molecular weight excluding hydrogens is 341 g/mol. The Balaban J connectivity index is 1.90. The Hall–Kier alpha value is -1.72. The second-order valence-corrected chi connectivity index (χ2v) is 8.09.